The highest BCUT2D eigenvalue weighted by Crippen LogP contribution is 2.57. The maximum atomic E-state index is 2.48. The Morgan fingerprint density at radius 3 is 1.28 bits per heavy atom. The van der Waals surface area contributed by atoms with E-state index >= 15 is 0 Å². The molecule has 3 aliphatic rings. The van der Waals surface area contributed by atoms with Gasteiger partial charge in [0.1, 0.15) is 0 Å². The van der Waals surface area contributed by atoms with E-state index in [-0.39, 0.29) is 5.41 Å². The number of fused-ring (bicyclic) bond motifs is 7. The largest absolute Gasteiger partial charge is 0.0760 e. The predicted molar refractivity (Wildman–Crippen MR) is 184 cm³/mol. The van der Waals surface area contributed by atoms with Gasteiger partial charge >= 0.3 is 0 Å². The molecule has 0 aliphatic heterocycles. The molecule has 0 bridgehead atoms. The zero-order chi connectivity index (χ0) is 28.7. The van der Waals surface area contributed by atoms with Crippen molar-refractivity contribution in [2.24, 2.45) is 5.41 Å². The molecule has 3 aliphatic carbocycles. The number of rotatable bonds is 2. The van der Waals surface area contributed by atoms with Gasteiger partial charge in [-0.05, 0) is 90.3 Å². The van der Waals surface area contributed by atoms with Gasteiger partial charge in [-0.15, -0.1) is 0 Å². The van der Waals surface area contributed by atoms with Crippen LogP contribution in [0.3, 0.4) is 0 Å². The van der Waals surface area contributed by atoms with Crippen LogP contribution >= 0.6 is 0 Å². The number of benzene rings is 6. The zero-order valence-corrected chi connectivity index (χ0v) is 24.8. The monoisotopic (exact) mass is 550 g/mol. The minimum Gasteiger partial charge on any atom is -0.0760 e. The molecule has 0 radical (unpaired) electrons. The molecule has 6 aromatic rings. The second-order valence-corrected chi connectivity index (χ2v) is 13.2. The lowest BCUT2D eigenvalue weighted by atomic mass is 9.70. The van der Waals surface area contributed by atoms with Crippen molar-refractivity contribution in [2.75, 3.05) is 0 Å². The van der Waals surface area contributed by atoms with Crippen molar-refractivity contribution < 1.29 is 0 Å². The second kappa shape index (κ2) is 9.16. The molecule has 9 rings (SSSR count). The summed E-state index contributed by atoms with van der Waals surface area (Å²) in [6.07, 6.45) is 12.0. The van der Waals surface area contributed by atoms with Crippen LogP contribution in [0.15, 0.2) is 156 Å². The summed E-state index contributed by atoms with van der Waals surface area (Å²) in [6, 6.07) is 40.6. The van der Waals surface area contributed by atoms with Crippen LogP contribution in [0, 0.1) is 5.41 Å². The van der Waals surface area contributed by atoms with Crippen LogP contribution in [-0.2, 0) is 0 Å². The van der Waals surface area contributed by atoms with Gasteiger partial charge in [0.05, 0.1) is 0 Å². The molecule has 0 saturated carbocycles. The quantitative estimate of drug-likeness (QED) is 0.188. The van der Waals surface area contributed by atoms with Gasteiger partial charge in [-0.2, -0.15) is 0 Å². The lowest BCUT2D eigenvalue weighted by molar-refractivity contribution is 0.487. The maximum absolute atomic E-state index is 2.48. The van der Waals surface area contributed by atoms with Crippen molar-refractivity contribution in [1.29, 1.82) is 0 Å². The van der Waals surface area contributed by atoms with E-state index in [9.17, 15) is 0 Å². The summed E-state index contributed by atoms with van der Waals surface area (Å²) in [5, 5.41) is 10.9. The summed E-state index contributed by atoms with van der Waals surface area (Å²) in [5.41, 5.74) is 9.10. The Morgan fingerprint density at radius 2 is 0.837 bits per heavy atom. The lowest BCUT2D eigenvalue weighted by Gasteiger charge is -2.33. The molecule has 0 heterocycles. The molecule has 2 unspecified atom stereocenters. The first-order valence-corrected chi connectivity index (χ1v) is 15.7. The fraction of sp³-hybridized carbons (Fsp3) is 0.163. The third-order valence-corrected chi connectivity index (χ3v) is 10.7. The first kappa shape index (κ1) is 24.9. The Labute approximate surface area is 253 Å². The second-order valence-electron chi connectivity index (χ2n) is 13.2. The van der Waals surface area contributed by atoms with Crippen molar-refractivity contribution in [3.05, 3.63) is 167 Å². The van der Waals surface area contributed by atoms with Gasteiger partial charge in [-0.25, -0.2) is 0 Å². The van der Waals surface area contributed by atoms with Gasteiger partial charge in [0.15, 0.2) is 0 Å². The third kappa shape index (κ3) is 3.63. The summed E-state index contributed by atoms with van der Waals surface area (Å²) < 4.78 is 0. The first-order chi connectivity index (χ1) is 21.1. The van der Waals surface area contributed by atoms with Crippen molar-refractivity contribution in [2.45, 2.75) is 38.5 Å². The fourth-order valence-corrected chi connectivity index (χ4v) is 8.50. The molecule has 0 saturated heterocycles. The average Bonchev–Trinajstić information content (AvgIpc) is 3.29. The van der Waals surface area contributed by atoms with Gasteiger partial charge < -0.3 is 0 Å². The van der Waals surface area contributed by atoms with E-state index in [1.54, 1.807) is 11.1 Å². The fourth-order valence-electron chi connectivity index (χ4n) is 8.50. The van der Waals surface area contributed by atoms with E-state index in [2.05, 4.69) is 147 Å². The SMILES string of the molecule is CC1(C)C2=C(C=CC(c3cc4ccccc4c4ccccc34)C2)C2=C1CC(c1cc3ccccc3c3ccccc13)C=C2. The Morgan fingerprint density at radius 1 is 0.465 bits per heavy atom. The Balaban J connectivity index is 1.09. The van der Waals surface area contributed by atoms with Crippen molar-refractivity contribution in [3.8, 4) is 0 Å². The highest BCUT2D eigenvalue weighted by molar-refractivity contribution is 6.10. The Kier molecular flexibility index (Phi) is 5.30. The van der Waals surface area contributed by atoms with Gasteiger partial charge in [0.25, 0.3) is 0 Å². The average molecular weight is 551 g/mol. The van der Waals surface area contributed by atoms with E-state index in [1.807, 2.05) is 0 Å². The van der Waals surface area contributed by atoms with Crippen LogP contribution in [-0.4, -0.2) is 0 Å². The molecule has 206 valence electrons. The molecule has 0 spiro atoms. The molecule has 2 atom stereocenters. The van der Waals surface area contributed by atoms with Gasteiger partial charge in [-0.3, -0.25) is 0 Å². The number of hydrogen-bond acceptors (Lipinski definition) is 0. The van der Waals surface area contributed by atoms with Gasteiger partial charge in [0.2, 0.25) is 0 Å². The van der Waals surface area contributed by atoms with Crippen LogP contribution in [0.25, 0.3) is 43.1 Å². The molecule has 0 fully saturated rings. The van der Waals surface area contributed by atoms with Crippen LogP contribution in [0.5, 0.6) is 0 Å². The molecule has 0 nitrogen and oxygen atoms in total. The molecule has 43 heavy (non-hydrogen) atoms. The van der Waals surface area contributed by atoms with Gasteiger partial charge in [0, 0.05) is 17.3 Å². The third-order valence-electron chi connectivity index (χ3n) is 10.7. The van der Waals surface area contributed by atoms with E-state index in [0.29, 0.717) is 11.8 Å². The minimum atomic E-state index is 0.0377. The van der Waals surface area contributed by atoms with Crippen LogP contribution in [0.4, 0.5) is 0 Å². The summed E-state index contributed by atoms with van der Waals surface area (Å²) in [5.74, 6) is 0.746. The molecule has 0 amide bonds. The summed E-state index contributed by atoms with van der Waals surface area (Å²) in [4.78, 5) is 0. The van der Waals surface area contributed by atoms with Gasteiger partial charge in [-0.1, -0.05) is 146 Å². The highest BCUT2D eigenvalue weighted by Gasteiger charge is 2.42. The van der Waals surface area contributed by atoms with E-state index in [4.69, 9.17) is 0 Å². The predicted octanol–water partition coefficient (Wildman–Crippen LogP) is 11.7. The van der Waals surface area contributed by atoms with Crippen molar-refractivity contribution >= 4 is 43.1 Å². The number of hydrogen-bond donors (Lipinski definition) is 0. The molecular formula is C43H34. The topological polar surface area (TPSA) is 0 Å². The molecule has 0 aromatic heterocycles. The smallest absolute Gasteiger partial charge is 0.00831 e. The zero-order valence-electron chi connectivity index (χ0n) is 24.8. The van der Waals surface area contributed by atoms with Crippen molar-refractivity contribution in [1.82, 2.24) is 0 Å². The van der Waals surface area contributed by atoms with E-state index in [0.717, 1.165) is 12.8 Å². The Hall–Kier alpha value is -4.68. The van der Waals surface area contributed by atoms with E-state index in [1.165, 1.54) is 65.4 Å². The summed E-state index contributed by atoms with van der Waals surface area (Å²) >= 11 is 0. The maximum Gasteiger partial charge on any atom is 0.00831 e. The summed E-state index contributed by atoms with van der Waals surface area (Å²) in [7, 11) is 0. The number of allylic oxidation sites excluding steroid dienone is 8. The molecule has 0 N–H and O–H groups in total. The lowest BCUT2D eigenvalue weighted by Crippen LogP contribution is -2.20. The van der Waals surface area contributed by atoms with E-state index < -0.39 is 0 Å². The molecule has 6 aromatic carbocycles. The highest BCUT2D eigenvalue weighted by atomic mass is 14.5. The molecular weight excluding hydrogens is 516 g/mol. The minimum absolute atomic E-state index is 0.0377. The normalized spacial score (nSPS) is 20.9. The Bertz CT molecular complexity index is 2100. The van der Waals surface area contributed by atoms with Crippen LogP contribution in [0.2, 0.25) is 0 Å². The first-order valence-electron chi connectivity index (χ1n) is 15.7. The standard InChI is InChI=1S/C43H34/c1-43(2)41-25-29(39-23-27-11-3-5-13-31(27)33-15-7-9-17-35(33)39)19-21-37(41)38-22-20-30(26-42(38)43)40-24-28-12-4-6-14-32(28)34-16-8-10-18-36(34)40/h3-24,29-30H,25-26H2,1-2H3. The van der Waals surface area contributed by atoms with Crippen molar-refractivity contribution in [3.63, 3.8) is 0 Å². The van der Waals surface area contributed by atoms with Crippen LogP contribution in [0.1, 0.15) is 49.7 Å². The summed E-state index contributed by atoms with van der Waals surface area (Å²) in [6.45, 7) is 4.96. The molecule has 0 heteroatoms. The van der Waals surface area contributed by atoms with Crippen LogP contribution < -0.4 is 0 Å².